The van der Waals surface area contributed by atoms with Crippen molar-refractivity contribution in [3.8, 4) is 5.75 Å². The first-order chi connectivity index (χ1) is 14.6. The first-order valence-electron chi connectivity index (χ1n) is 9.83. The van der Waals surface area contributed by atoms with Crippen molar-refractivity contribution in [3.63, 3.8) is 0 Å². The fourth-order valence-electron chi connectivity index (χ4n) is 3.21. The zero-order valence-corrected chi connectivity index (χ0v) is 18.8. The molecule has 0 saturated carbocycles. The maximum Gasteiger partial charge on any atom is 0.262 e. The van der Waals surface area contributed by atoms with Gasteiger partial charge in [-0.3, -0.25) is 9.52 Å². The summed E-state index contributed by atoms with van der Waals surface area (Å²) in [6, 6.07) is 17.3. The molecule has 0 unspecified atom stereocenters. The van der Waals surface area contributed by atoms with Crippen LogP contribution in [0.2, 0.25) is 0 Å². The Balaban J connectivity index is 1.61. The van der Waals surface area contributed by atoms with Gasteiger partial charge in [0.2, 0.25) is 0 Å². The first-order valence-corrected chi connectivity index (χ1v) is 11.3. The van der Waals surface area contributed by atoms with Crippen LogP contribution in [0, 0.1) is 27.7 Å². The molecule has 0 atom stereocenters. The molecule has 0 bridgehead atoms. The largest absolute Gasteiger partial charge is 0.484 e. The van der Waals surface area contributed by atoms with Crippen LogP contribution in [0.3, 0.4) is 0 Å². The third-order valence-electron chi connectivity index (χ3n) is 4.64. The van der Waals surface area contributed by atoms with Crippen molar-refractivity contribution in [2.75, 3.05) is 16.6 Å². The molecular formula is C24H26N2O4S. The second-order valence-electron chi connectivity index (χ2n) is 7.61. The van der Waals surface area contributed by atoms with Gasteiger partial charge in [-0.1, -0.05) is 23.8 Å². The smallest absolute Gasteiger partial charge is 0.262 e. The topological polar surface area (TPSA) is 84.5 Å². The van der Waals surface area contributed by atoms with E-state index < -0.39 is 10.0 Å². The second-order valence-corrected chi connectivity index (χ2v) is 9.29. The van der Waals surface area contributed by atoms with Crippen molar-refractivity contribution >= 4 is 27.3 Å². The third kappa shape index (κ3) is 6.08. The Kier molecular flexibility index (Phi) is 6.65. The summed E-state index contributed by atoms with van der Waals surface area (Å²) < 4.78 is 33.5. The van der Waals surface area contributed by atoms with Crippen molar-refractivity contribution in [1.82, 2.24) is 0 Å². The van der Waals surface area contributed by atoms with Gasteiger partial charge in [0, 0.05) is 5.69 Å². The lowest BCUT2D eigenvalue weighted by Gasteiger charge is -2.12. The Morgan fingerprint density at radius 3 is 2.10 bits per heavy atom. The van der Waals surface area contributed by atoms with Gasteiger partial charge in [-0.15, -0.1) is 0 Å². The van der Waals surface area contributed by atoms with E-state index in [1.807, 2.05) is 58.0 Å². The summed E-state index contributed by atoms with van der Waals surface area (Å²) in [7, 11) is -3.74. The Morgan fingerprint density at radius 1 is 0.839 bits per heavy atom. The van der Waals surface area contributed by atoms with E-state index in [1.165, 1.54) is 12.1 Å². The van der Waals surface area contributed by atoms with Gasteiger partial charge in [-0.25, -0.2) is 8.42 Å². The van der Waals surface area contributed by atoms with Crippen molar-refractivity contribution in [2.24, 2.45) is 0 Å². The summed E-state index contributed by atoms with van der Waals surface area (Å²) in [5, 5.41) is 2.71. The number of benzene rings is 3. The lowest BCUT2D eigenvalue weighted by atomic mass is 10.1. The van der Waals surface area contributed by atoms with Crippen molar-refractivity contribution in [2.45, 2.75) is 32.6 Å². The molecule has 31 heavy (non-hydrogen) atoms. The Hall–Kier alpha value is -3.32. The van der Waals surface area contributed by atoms with Gasteiger partial charge in [-0.2, -0.15) is 0 Å². The minimum atomic E-state index is -3.74. The Labute approximate surface area is 183 Å². The zero-order chi connectivity index (χ0) is 22.6. The van der Waals surface area contributed by atoms with Gasteiger partial charge < -0.3 is 10.1 Å². The highest BCUT2D eigenvalue weighted by atomic mass is 32.2. The normalized spacial score (nSPS) is 11.1. The van der Waals surface area contributed by atoms with Gasteiger partial charge >= 0.3 is 0 Å². The number of ether oxygens (including phenoxy) is 1. The van der Waals surface area contributed by atoms with E-state index in [4.69, 9.17) is 4.74 Å². The minimum absolute atomic E-state index is 0.108. The molecule has 0 saturated heterocycles. The Bertz CT molecular complexity index is 1180. The number of rotatable bonds is 7. The standard InChI is InChI=1S/C24H26N2O4S/c1-16-5-10-23(19(4)12-16)26-31(28,29)22-8-6-20(7-9-22)25-24(27)15-30-21-13-17(2)11-18(3)14-21/h5-14,26H,15H2,1-4H3,(H,25,27). The monoisotopic (exact) mass is 438 g/mol. The third-order valence-corrected chi connectivity index (χ3v) is 6.02. The molecule has 3 aromatic carbocycles. The SMILES string of the molecule is Cc1cc(C)cc(OCC(=O)Nc2ccc(S(=O)(=O)Nc3ccc(C)cc3C)cc2)c1. The number of carbonyl (C=O) groups excluding carboxylic acids is 1. The minimum Gasteiger partial charge on any atom is -0.484 e. The van der Waals surface area contributed by atoms with E-state index in [0.29, 0.717) is 17.1 Å². The summed E-state index contributed by atoms with van der Waals surface area (Å²) in [6.07, 6.45) is 0. The van der Waals surface area contributed by atoms with Crippen LogP contribution in [0.4, 0.5) is 11.4 Å². The fraction of sp³-hybridized carbons (Fsp3) is 0.208. The molecule has 0 spiro atoms. The van der Waals surface area contributed by atoms with Gasteiger partial charge in [0.25, 0.3) is 15.9 Å². The van der Waals surface area contributed by atoms with Gasteiger partial charge in [0.05, 0.1) is 10.6 Å². The van der Waals surface area contributed by atoms with Crippen LogP contribution >= 0.6 is 0 Å². The van der Waals surface area contributed by atoms with Crippen molar-refractivity contribution in [3.05, 3.63) is 82.9 Å². The number of anilines is 2. The van der Waals surface area contributed by atoms with Gasteiger partial charge in [-0.05, 0) is 86.8 Å². The Morgan fingerprint density at radius 2 is 1.48 bits per heavy atom. The van der Waals surface area contributed by atoms with Crippen LogP contribution in [0.1, 0.15) is 22.3 Å². The molecule has 0 aliphatic heterocycles. The summed E-state index contributed by atoms with van der Waals surface area (Å²) in [4.78, 5) is 12.3. The summed E-state index contributed by atoms with van der Waals surface area (Å²) in [5.41, 5.74) is 5.03. The number of hydrogen-bond donors (Lipinski definition) is 2. The molecule has 0 aromatic heterocycles. The number of amides is 1. The molecule has 3 aromatic rings. The average molecular weight is 439 g/mol. The van der Waals surface area contributed by atoms with Crippen LogP contribution in [0.25, 0.3) is 0 Å². The van der Waals surface area contributed by atoms with E-state index in [1.54, 1.807) is 18.2 Å². The van der Waals surface area contributed by atoms with Crippen molar-refractivity contribution in [1.29, 1.82) is 0 Å². The molecule has 3 rings (SSSR count). The molecule has 7 heteroatoms. The summed E-state index contributed by atoms with van der Waals surface area (Å²) in [5.74, 6) is 0.301. The highest BCUT2D eigenvalue weighted by Gasteiger charge is 2.15. The lowest BCUT2D eigenvalue weighted by molar-refractivity contribution is -0.118. The van der Waals surface area contributed by atoms with Crippen LogP contribution in [0.5, 0.6) is 5.75 Å². The van der Waals surface area contributed by atoms with E-state index >= 15 is 0 Å². The highest BCUT2D eigenvalue weighted by Crippen LogP contribution is 2.22. The molecule has 2 N–H and O–H groups in total. The quantitative estimate of drug-likeness (QED) is 0.558. The van der Waals surface area contributed by atoms with Gasteiger partial charge in [0.15, 0.2) is 6.61 Å². The van der Waals surface area contributed by atoms with Crippen LogP contribution < -0.4 is 14.8 Å². The molecule has 0 heterocycles. The molecule has 0 aliphatic carbocycles. The maximum atomic E-state index is 12.7. The number of aryl methyl sites for hydroxylation is 4. The van der Waals surface area contributed by atoms with Gasteiger partial charge in [0.1, 0.15) is 5.75 Å². The van der Waals surface area contributed by atoms with E-state index in [0.717, 1.165) is 22.3 Å². The fourth-order valence-corrected chi connectivity index (χ4v) is 4.34. The van der Waals surface area contributed by atoms with E-state index in [-0.39, 0.29) is 17.4 Å². The summed E-state index contributed by atoms with van der Waals surface area (Å²) >= 11 is 0. The lowest BCUT2D eigenvalue weighted by Crippen LogP contribution is -2.20. The average Bonchev–Trinajstić information content (AvgIpc) is 2.68. The maximum absolute atomic E-state index is 12.7. The van der Waals surface area contributed by atoms with Crippen molar-refractivity contribution < 1.29 is 17.9 Å². The second kappa shape index (κ2) is 9.22. The van der Waals surface area contributed by atoms with E-state index in [9.17, 15) is 13.2 Å². The molecule has 0 aliphatic rings. The molecular weight excluding hydrogens is 412 g/mol. The highest BCUT2D eigenvalue weighted by molar-refractivity contribution is 7.92. The molecule has 1 amide bonds. The number of sulfonamides is 1. The summed E-state index contributed by atoms with van der Waals surface area (Å²) in [6.45, 7) is 7.58. The predicted octanol–water partition coefficient (Wildman–Crippen LogP) is 4.74. The molecule has 0 fully saturated rings. The first kappa shape index (κ1) is 22.4. The van der Waals surface area contributed by atoms with E-state index in [2.05, 4.69) is 10.0 Å². The zero-order valence-electron chi connectivity index (χ0n) is 18.0. The molecule has 6 nitrogen and oxygen atoms in total. The number of nitrogens with one attached hydrogen (secondary N) is 2. The van der Waals surface area contributed by atoms with Crippen LogP contribution in [-0.4, -0.2) is 20.9 Å². The number of carbonyl (C=O) groups is 1. The predicted molar refractivity (Wildman–Crippen MR) is 123 cm³/mol. The van der Waals surface area contributed by atoms with Crippen LogP contribution in [-0.2, 0) is 14.8 Å². The van der Waals surface area contributed by atoms with Crippen LogP contribution in [0.15, 0.2) is 65.6 Å². The molecule has 0 radical (unpaired) electrons. The molecule has 162 valence electrons. The number of hydrogen-bond acceptors (Lipinski definition) is 4.